The van der Waals surface area contributed by atoms with Crippen molar-refractivity contribution in [2.45, 2.75) is 51.4 Å². The van der Waals surface area contributed by atoms with Gasteiger partial charge in [-0.1, -0.05) is 38.2 Å². The van der Waals surface area contributed by atoms with E-state index < -0.39 is 0 Å². The Hall–Kier alpha value is -1.34. The molecule has 0 saturated heterocycles. The molecule has 27 heavy (non-hydrogen) atoms. The number of ether oxygens (including phenoxy) is 2. The highest BCUT2D eigenvalue weighted by Crippen LogP contribution is 2.22. The molecule has 1 aromatic heterocycles. The first-order chi connectivity index (χ1) is 13.2. The second kappa shape index (κ2) is 12.9. The molecule has 0 bridgehead atoms. The number of carbonyl (C=O) groups is 1. The molecule has 0 atom stereocenters. The van der Waals surface area contributed by atoms with Crippen molar-refractivity contribution in [1.82, 2.24) is 0 Å². The predicted molar refractivity (Wildman–Crippen MR) is 121 cm³/mol. The summed E-state index contributed by atoms with van der Waals surface area (Å²) in [5.41, 5.74) is 0. The van der Waals surface area contributed by atoms with E-state index in [0.29, 0.717) is 10.6 Å². The Kier molecular flexibility index (Phi) is 10.5. The first-order valence-corrected chi connectivity index (χ1v) is 11.4. The molecule has 2 rings (SSSR count). The zero-order chi connectivity index (χ0) is 19.3. The summed E-state index contributed by atoms with van der Waals surface area (Å²) in [6.45, 7) is 4.47. The van der Waals surface area contributed by atoms with E-state index in [4.69, 9.17) is 9.47 Å². The topological polar surface area (TPSA) is 35.5 Å². The predicted octanol–water partition coefficient (Wildman–Crippen LogP) is 7.26. The highest BCUT2D eigenvalue weighted by molar-refractivity contribution is 14.1. The number of rotatable bonds is 13. The maximum Gasteiger partial charge on any atom is 0.353 e. The molecule has 2 aromatic rings. The zero-order valence-electron chi connectivity index (χ0n) is 15.6. The van der Waals surface area contributed by atoms with E-state index >= 15 is 0 Å². The molecule has 5 heteroatoms. The van der Waals surface area contributed by atoms with Crippen LogP contribution in [0.1, 0.15) is 61.0 Å². The second-order valence-electron chi connectivity index (χ2n) is 6.37. The van der Waals surface area contributed by atoms with Crippen LogP contribution in [0.2, 0.25) is 0 Å². The number of benzene rings is 1. The molecular formula is C22H27IO3S. The van der Waals surface area contributed by atoms with Crippen molar-refractivity contribution in [3.05, 3.63) is 56.8 Å². The quantitative estimate of drug-likeness (QED) is 0.0959. The lowest BCUT2D eigenvalue weighted by Crippen LogP contribution is -2.06. The lowest BCUT2D eigenvalue weighted by atomic mass is 10.1. The van der Waals surface area contributed by atoms with Crippen molar-refractivity contribution in [2.75, 3.05) is 6.61 Å². The molecule has 0 fully saturated rings. The van der Waals surface area contributed by atoms with Gasteiger partial charge >= 0.3 is 5.97 Å². The second-order valence-corrected chi connectivity index (χ2v) is 9.34. The van der Waals surface area contributed by atoms with E-state index in [2.05, 4.69) is 29.2 Å². The summed E-state index contributed by atoms with van der Waals surface area (Å²) in [4.78, 5) is 12.6. The first kappa shape index (κ1) is 22.0. The van der Waals surface area contributed by atoms with E-state index in [1.165, 1.54) is 49.9 Å². The summed E-state index contributed by atoms with van der Waals surface area (Å²) < 4.78 is 12.2. The average Bonchev–Trinajstić information content (AvgIpc) is 3.11. The Morgan fingerprint density at radius 1 is 0.926 bits per heavy atom. The SMILES string of the molecule is C=CCCCCCCCCCOc1ccc(OC(=O)c2ccc(I)s2)cc1. The average molecular weight is 498 g/mol. The van der Waals surface area contributed by atoms with Crippen LogP contribution in [-0.2, 0) is 0 Å². The summed E-state index contributed by atoms with van der Waals surface area (Å²) >= 11 is 3.62. The number of hydrogen-bond acceptors (Lipinski definition) is 4. The minimum atomic E-state index is -0.318. The van der Waals surface area contributed by atoms with Gasteiger partial charge in [-0.05, 0) is 78.3 Å². The van der Waals surface area contributed by atoms with E-state index in [1.54, 1.807) is 18.2 Å². The number of allylic oxidation sites excluding steroid dienone is 1. The maximum atomic E-state index is 12.0. The van der Waals surface area contributed by atoms with Gasteiger partial charge in [-0.25, -0.2) is 4.79 Å². The van der Waals surface area contributed by atoms with Crippen LogP contribution in [0.4, 0.5) is 0 Å². The van der Waals surface area contributed by atoms with Crippen LogP contribution < -0.4 is 9.47 Å². The fourth-order valence-electron chi connectivity index (χ4n) is 2.65. The van der Waals surface area contributed by atoms with E-state index in [-0.39, 0.29) is 5.97 Å². The molecule has 146 valence electrons. The summed E-state index contributed by atoms with van der Waals surface area (Å²) in [7, 11) is 0. The molecule has 0 amide bonds. The standard InChI is InChI=1S/C22H27IO3S/c1-2-3-4-5-6-7-8-9-10-17-25-18-11-13-19(14-12-18)26-22(24)20-15-16-21(23)27-20/h2,11-16H,1,3-10,17H2. The monoisotopic (exact) mass is 498 g/mol. The van der Waals surface area contributed by atoms with E-state index in [1.807, 2.05) is 24.3 Å². The minimum absolute atomic E-state index is 0.318. The highest BCUT2D eigenvalue weighted by atomic mass is 127. The van der Waals surface area contributed by atoms with Crippen molar-refractivity contribution in [1.29, 1.82) is 0 Å². The van der Waals surface area contributed by atoms with Crippen LogP contribution in [0.3, 0.4) is 0 Å². The van der Waals surface area contributed by atoms with Crippen LogP contribution in [0.25, 0.3) is 0 Å². The summed E-state index contributed by atoms with van der Waals surface area (Å²) in [6, 6.07) is 10.9. The van der Waals surface area contributed by atoms with Crippen LogP contribution in [0.5, 0.6) is 11.5 Å². The first-order valence-electron chi connectivity index (χ1n) is 9.50. The molecule has 3 nitrogen and oxygen atoms in total. The van der Waals surface area contributed by atoms with Crippen molar-refractivity contribution in [2.24, 2.45) is 0 Å². The molecule has 0 saturated carbocycles. The van der Waals surface area contributed by atoms with Crippen LogP contribution in [0.15, 0.2) is 49.1 Å². The zero-order valence-corrected chi connectivity index (χ0v) is 18.6. The molecule has 0 spiro atoms. The lowest BCUT2D eigenvalue weighted by molar-refractivity contribution is 0.0739. The third kappa shape index (κ3) is 8.93. The lowest BCUT2D eigenvalue weighted by Gasteiger charge is -2.07. The fraction of sp³-hybridized carbons (Fsp3) is 0.409. The van der Waals surface area contributed by atoms with Crippen molar-refractivity contribution < 1.29 is 14.3 Å². The third-order valence-electron chi connectivity index (χ3n) is 4.13. The normalized spacial score (nSPS) is 10.6. The minimum Gasteiger partial charge on any atom is -0.494 e. The molecule has 0 N–H and O–H groups in total. The number of unbranched alkanes of at least 4 members (excludes halogenated alkanes) is 7. The Balaban J connectivity index is 1.57. The van der Waals surface area contributed by atoms with E-state index in [9.17, 15) is 4.79 Å². The van der Waals surface area contributed by atoms with Gasteiger partial charge in [-0.3, -0.25) is 0 Å². The largest absolute Gasteiger partial charge is 0.494 e. The molecule has 0 radical (unpaired) electrons. The van der Waals surface area contributed by atoms with Gasteiger partial charge < -0.3 is 9.47 Å². The highest BCUT2D eigenvalue weighted by Gasteiger charge is 2.11. The van der Waals surface area contributed by atoms with Gasteiger partial charge in [0.05, 0.1) is 9.49 Å². The summed E-state index contributed by atoms with van der Waals surface area (Å²) in [5.74, 6) is 1.03. The Morgan fingerprint density at radius 3 is 2.19 bits per heavy atom. The molecular weight excluding hydrogens is 471 g/mol. The van der Waals surface area contributed by atoms with Gasteiger partial charge in [0.15, 0.2) is 0 Å². The number of hydrogen-bond donors (Lipinski definition) is 0. The number of carbonyl (C=O) groups excluding carboxylic acids is 1. The molecule has 0 aliphatic rings. The fourth-order valence-corrected chi connectivity index (χ4v) is 4.15. The number of esters is 1. The van der Waals surface area contributed by atoms with Crippen molar-refractivity contribution in [3.63, 3.8) is 0 Å². The van der Waals surface area contributed by atoms with Gasteiger partial charge in [0.2, 0.25) is 0 Å². The van der Waals surface area contributed by atoms with Gasteiger partial charge in [-0.2, -0.15) is 0 Å². The maximum absolute atomic E-state index is 12.0. The molecule has 0 aliphatic carbocycles. The summed E-state index contributed by atoms with van der Waals surface area (Å²) in [5, 5.41) is 0. The Bertz CT molecular complexity index is 694. The number of halogens is 1. The number of thiophene rings is 1. The van der Waals surface area contributed by atoms with Gasteiger partial charge in [0.1, 0.15) is 16.4 Å². The Labute approximate surface area is 179 Å². The Morgan fingerprint density at radius 2 is 1.56 bits per heavy atom. The van der Waals surface area contributed by atoms with Crippen LogP contribution >= 0.6 is 33.9 Å². The van der Waals surface area contributed by atoms with Gasteiger partial charge in [-0.15, -0.1) is 17.9 Å². The van der Waals surface area contributed by atoms with Crippen LogP contribution in [-0.4, -0.2) is 12.6 Å². The van der Waals surface area contributed by atoms with E-state index in [0.717, 1.165) is 28.1 Å². The molecule has 0 unspecified atom stereocenters. The van der Waals surface area contributed by atoms with Crippen molar-refractivity contribution in [3.8, 4) is 11.5 Å². The van der Waals surface area contributed by atoms with Gasteiger partial charge in [0.25, 0.3) is 0 Å². The summed E-state index contributed by atoms with van der Waals surface area (Å²) in [6.07, 6.45) is 11.9. The smallest absolute Gasteiger partial charge is 0.353 e. The molecule has 1 aromatic carbocycles. The third-order valence-corrected chi connectivity index (χ3v) is 6.00. The van der Waals surface area contributed by atoms with Crippen molar-refractivity contribution >= 4 is 39.9 Å². The molecule has 1 heterocycles. The molecule has 0 aliphatic heterocycles. The van der Waals surface area contributed by atoms with Gasteiger partial charge in [0, 0.05) is 0 Å². The van der Waals surface area contributed by atoms with Crippen LogP contribution in [0, 0.1) is 2.88 Å².